The van der Waals surface area contributed by atoms with Gasteiger partial charge in [-0.15, -0.1) is 0 Å². The number of nitriles is 1. The number of ether oxygens (including phenoxy) is 1. The molecule has 0 spiro atoms. The Kier molecular flexibility index (Phi) is 4.70. The predicted octanol–water partition coefficient (Wildman–Crippen LogP) is 3.25. The van der Waals surface area contributed by atoms with Gasteiger partial charge >= 0.3 is 5.97 Å². The molecule has 0 aliphatic heterocycles. The summed E-state index contributed by atoms with van der Waals surface area (Å²) in [4.78, 5) is 11.9. The fourth-order valence-corrected chi connectivity index (χ4v) is 2.31. The van der Waals surface area contributed by atoms with E-state index in [1.54, 1.807) is 13.8 Å². The summed E-state index contributed by atoms with van der Waals surface area (Å²) in [7, 11) is 0. The summed E-state index contributed by atoms with van der Waals surface area (Å²) in [6.07, 6.45) is 1.26. The summed E-state index contributed by atoms with van der Waals surface area (Å²) < 4.78 is 12.1. The zero-order valence-corrected chi connectivity index (χ0v) is 13.9. The first-order chi connectivity index (χ1) is 10.8. The molecule has 0 aliphatic carbocycles. The molecular formula is C17H19N3O3. The number of carbonyl (C=O) groups is 1. The Bertz CT molecular complexity index is 804. The van der Waals surface area contributed by atoms with Gasteiger partial charge in [0.15, 0.2) is 5.82 Å². The fourth-order valence-electron chi connectivity index (χ4n) is 2.31. The number of esters is 1. The lowest BCUT2D eigenvalue weighted by atomic mass is 10.1. The number of hydrogen-bond donors (Lipinski definition) is 0. The van der Waals surface area contributed by atoms with Crippen LogP contribution in [-0.4, -0.2) is 21.8 Å². The van der Waals surface area contributed by atoms with E-state index in [4.69, 9.17) is 9.26 Å². The van der Waals surface area contributed by atoms with Gasteiger partial charge in [0.05, 0.1) is 6.10 Å². The third-order valence-electron chi connectivity index (χ3n) is 3.30. The van der Waals surface area contributed by atoms with Crippen molar-refractivity contribution in [2.75, 3.05) is 0 Å². The molecule has 0 bridgehead atoms. The second-order valence-corrected chi connectivity index (χ2v) is 5.58. The van der Waals surface area contributed by atoms with Gasteiger partial charge in [-0.1, -0.05) is 5.16 Å². The Morgan fingerprint density at radius 3 is 2.61 bits per heavy atom. The van der Waals surface area contributed by atoms with Crippen molar-refractivity contribution in [2.45, 2.75) is 40.7 Å². The third-order valence-corrected chi connectivity index (χ3v) is 3.30. The van der Waals surface area contributed by atoms with Crippen LogP contribution in [-0.2, 0) is 9.53 Å². The van der Waals surface area contributed by atoms with Gasteiger partial charge in [0.25, 0.3) is 0 Å². The second-order valence-electron chi connectivity index (χ2n) is 5.58. The first-order valence-electron chi connectivity index (χ1n) is 7.29. The SMILES string of the molecule is Cc1cc(-n2c(C)cc(/C=C(\C#N)C(=O)OC(C)C)c2C)no1. The van der Waals surface area contributed by atoms with E-state index in [9.17, 15) is 10.1 Å². The van der Waals surface area contributed by atoms with E-state index in [1.165, 1.54) is 6.08 Å². The molecule has 0 fully saturated rings. The van der Waals surface area contributed by atoms with Gasteiger partial charge in [-0.05, 0) is 52.3 Å². The lowest BCUT2D eigenvalue weighted by Crippen LogP contribution is -2.12. The minimum absolute atomic E-state index is 0.0321. The monoisotopic (exact) mass is 313 g/mol. The highest BCUT2D eigenvalue weighted by Crippen LogP contribution is 2.23. The van der Waals surface area contributed by atoms with E-state index in [1.807, 2.05) is 43.5 Å². The van der Waals surface area contributed by atoms with Crippen molar-refractivity contribution in [3.05, 3.63) is 40.4 Å². The molecule has 6 nitrogen and oxygen atoms in total. The van der Waals surface area contributed by atoms with Crippen molar-refractivity contribution in [2.24, 2.45) is 0 Å². The van der Waals surface area contributed by atoms with E-state index in [0.29, 0.717) is 11.6 Å². The zero-order valence-electron chi connectivity index (χ0n) is 13.9. The molecule has 0 saturated heterocycles. The smallest absolute Gasteiger partial charge is 0.349 e. The summed E-state index contributed by atoms with van der Waals surface area (Å²) in [6.45, 7) is 9.12. The minimum atomic E-state index is -0.621. The quantitative estimate of drug-likeness (QED) is 0.491. The van der Waals surface area contributed by atoms with Crippen molar-refractivity contribution in [1.82, 2.24) is 9.72 Å². The van der Waals surface area contributed by atoms with Crippen molar-refractivity contribution in [3.8, 4) is 11.9 Å². The standard InChI is InChI=1S/C17H19N3O3/c1-10(2)22-17(21)15(9-18)8-14-6-11(3)20(13(14)5)16-7-12(4)23-19-16/h6-8,10H,1-5H3/b15-8+. The number of rotatable bonds is 4. The third kappa shape index (κ3) is 3.51. The van der Waals surface area contributed by atoms with Crippen LogP contribution in [0.5, 0.6) is 0 Å². The molecule has 120 valence electrons. The van der Waals surface area contributed by atoms with Gasteiger partial charge in [-0.25, -0.2) is 4.79 Å². The molecule has 0 unspecified atom stereocenters. The van der Waals surface area contributed by atoms with Crippen LogP contribution in [0.4, 0.5) is 0 Å². The average molecular weight is 313 g/mol. The van der Waals surface area contributed by atoms with Crippen LogP contribution in [0.3, 0.4) is 0 Å². The van der Waals surface area contributed by atoms with Crippen LogP contribution in [0, 0.1) is 32.1 Å². The molecule has 0 amide bonds. The highest BCUT2D eigenvalue weighted by Gasteiger charge is 2.16. The van der Waals surface area contributed by atoms with Gasteiger partial charge in [0, 0.05) is 17.5 Å². The van der Waals surface area contributed by atoms with E-state index in [0.717, 1.165) is 17.0 Å². The second kappa shape index (κ2) is 6.53. The van der Waals surface area contributed by atoms with Gasteiger partial charge in [0.1, 0.15) is 17.4 Å². The molecular weight excluding hydrogens is 294 g/mol. The van der Waals surface area contributed by atoms with E-state index in [2.05, 4.69) is 5.16 Å². The molecule has 0 aliphatic rings. The van der Waals surface area contributed by atoms with Gasteiger partial charge in [0.2, 0.25) is 0 Å². The van der Waals surface area contributed by atoms with E-state index < -0.39 is 5.97 Å². The van der Waals surface area contributed by atoms with Crippen LogP contribution < -0.4 is 0 Å². The molecule has 0 radical (unpaired) electrons. The average Bonchev–Trinajstić information content (AvgIpc) is 2.99. The predicted molar refractivity (Wildman–Crippen MR) is 84.9 cm³/mol. The maximum Gasteiger partial charge on any atom is 0.349 e. The normalized spacial score (nSPS) is 11.6. The van der Waals surface area contributed by atoms with Crippen LogP contribution in [0.2, 0.25) is 0 Å². The van der Waals surface area contributed by atoms with Crippen molar-refractivity contribution in [3.63, 3.8) is 0 Å². The highest BCUT2D eigenvalue weighted by molar-refractivity contribution is 5.98. The molecule has 0 saturated carbocycles. The first kappa shape index (κ1) is 16.6. The number of carbonyl (C=O) groups excluding carboxylic acids is 1. The lowest BCUT2D eigenvalue weighted by molar-refractivity contribution is -0.142. The number of hydrogen-bond acceptors (Lipinski definition) is 5. The molecule has 0 atom stereocenters. The van der Waals surface area contributed by atoms with Crippen molar-refractivity contribution >= 4 is 12.0 Å². The molecule has 2 heterocycles. The van der Waals surface area contributed by atoms with E-state index >= 15 is 0 Å². The number of nitrogens with zero attached hydrogens (tertiary/aromatic N) is 3. The largest absolute Gasteiger partial charge is 0.459 e. The van der Waals surface area contributed by atoms with Gasteiger partial charge < -0.3 is 9.26 Å². The Labute approximate surface area is 135 Å². The van der Waals surface area contributed by atoms with Crippen LogP contribution >= 0.6 is 0 Å². The van der Waals surface area contributed by atoms with E-state index in [-0.39, 0.29) is 11.7 Å². The molecule has 0 aromatic carbocycles. The summed E-state index contributed by atoms with van der Waals surface area (Å²) in [5.74, 6) is 0.757. The van der Waals surface area contributed by atoms with Crippen molar-refractivity contribution < 1.29 is 14.1 Å². The topological polar surface area (TPSA) is 81.0 Å². The minimum Gasteiger partial charge on any atom is -0.459 e. The Morgan fingerprint density at radius 1 is 1.39 bits per heavy atom. The van der Waals surface area contributed by atoms with Crippen LogP contribution in [0.25, 0.3) is 11.9 Å². The summed E-state index contributed by atoms with van der Waals surface area (Å²) in [6, 6.07) is 5.61. The molecule has 2 rings (SSSR count). The Hall–Kier alpha value is -2.81. The highest BCUT2D eigenvalue weighted by atomic mass is 16.5. The summed E-state index contributed by atoms with van der Waals surface area (Å²) in [5.41, 5.74) is 2.52. The number of aromatic nitrogens is 2. The van der Waals surface area contributed by atoms with Gasteiger partial charge in [-0.3, -0.25) is 4.57 Å². The van der Waals surface area contributed by atoms with Gasteiger partial charge in [-0.2, -0.15) is 5.26 Å². The molecule has 2 aromatic heterocycles. The maximum atomic E-state index is 11.9. The summed E-state index contributed by atoms with van der Waals surface area (Å²) in [5, 5.41) is 13.2. The van der Waals surface area contributed by atoms with Crippen LogP contribution in [0.15, 0.2) is 22.2 Å². The molecule has 0 N–H and O–H groups in total. The fraction of sp³-hybridized carbons (Fsp3) is 0.353. The zero-order chi connectivity index (χ0) is 17.1. The Balaban J connectivity index is 2.43. The first-order valence-corrected chi connectivity index (χ1v) is 7.29. The Morgan fingerprint density at radius 2 is 2.09 bits per heavy atom. The molecule has 6 heteroatoms. The summed E-state index contributed by atoms with van der Waals surface area (Å²) >= 11 is 0. The van der Waals surface area contributed by atoms with Crippen molar-refractivity contribution in [1.29, 1.82) is 5.26 Å². The molecule has 23 heavy (non-hydrogen) atoms. The molecule has 2 aromatic rings. The maximum absolute atomic E-state index is 11.9. The van der Waals surface area contributed by atoms with Crippen LogP contribution in [0.1, 0.15) is 36.6 Å². The number of aryl methyl sites for hydroxylation is 2. The lowest BCUT2D eigenvalue weighted by Gasteiger charge is -2.07.